The van der Waals surface area contributed by atoms with Crippen molar-refractivity contribution in [2.75, 3.05) is 20.2 Å². The zero-order chi connectivity index (χ0) is 15.8. The van der Waals surface area contributed by atoms with Crippen LogP contribution in [-0.2, 0) is 0 Å². The Morgan fingerprint density at radius 1 is 1.30 bits per heavy atom. The number of methoxy groups -OCH3 is 1. The van der Waals surface area contributed by atoms with Crippen molar-refractivity contribution < 1.29 is 9.53 Å². The predicted octanol–water partition coefficient (Wildman–Crippen LogP) is 1.86. The normalized spacial score (nSPS) is 17.8. The number of fused-ring (bicyclic) bond motifs is 1. The number of hydrogen-bond acceptors (Lipinski definition) is 4. The molecule has 1 amide bonds. The van der Waals surface area contributed by atoms with Gasteiger partial charge in [0.05, 0.1) is 25.5 Å². The van der Waals surface area contributed by atoms with E-state index >= 15 is 0 Å². The molecule has 0 radical (unpaired) electrons. The Labute approximate surface area is 132 Å². The van der Waals surface area contributed by atoms with Gasteiger partial charge in [0.2, 0.25) is 0 Å². The van der Waals surface area contributed by atoms with E-state index < -0.39 is 0 Å². The van der Waals surface area contributed by atoms with Gasteiger partial charge in [-0.05, 0) is 24.6 Å². The summed E-state index contributed by atoms with van der Waals surface area (Å²) in [5.41, 5.74) is 1.50. The van der Waals surface area contributed by atoms with Gasteiger partial charge in [-0.25, -0.2) is 0 Å². The molecule has 0 spiro atoms. The van der Waals surface area contributed by atoms with E-state index in [2.05, 4.69) is 15.2 Å². The third kappa shape index (κ3) is 2.44. The quantitative estimate of drug-likeness (QED) is 0.801. The van der Waals surface area contributed by atoms with Crippen LogP contribution in [0.3, 0.4) is 0 Å². The molecule has 0 bridgehead atoms. The number of benzene rings is 1. The Hall–Kier alpha value is -2.83. The van der Waals surface area contributed by atoms with Gasteiger partial charge in [0.1, 0.15) is 11.4 Å². The molecule has 1 aliphatic heterocycles. The third-order valence-corrected chi connectivity index (χ3v) is 4.27. The number of ether oxygens (including phenoxy) is 1. The minimum absolute atomic E-state index is 0.00910. The summed E-state index contributed by atoms with van der Waals surface area (Å²) in [6, 6.07) is 7.77. The molecular formula is C16H17N5O2. The number of likely N-dealkylation sites (tertiary alicyclic amines) is 1. The van der Waals surface area contributed by atoms with Crippen molar-refractivity contribution in [1.82, 2.24) is 24.9 Å². The second-order valence-corrected chi connectivity index (χ2v) is 5.68. The Balaban J connectivity index is 1.55. The summed E-state index contributed by atoms with van der Waals surface area (Å²) in [4.78, 5) is 19.4. The number of hydrogen-bond donors (Lipinski definition) is 1. The summed E-state index contributed by atoms with van der Waals surface area (Å²) in [5.74, 6) is 0.777. The molecule has 1 unspecified atom stereocenters. The van der Waals surface area contributed by atoms with E-state index in [0.29, 0.717) is 18.8 Å². The van der Waals surface area contributed by atoms with Gasteiger partial charge in [0.15, 0.2) is 0 Å². The van der Waals surface area contributed by atoms with E-state index in [9.17, 15) is 4.79 Å². The van der Waals surface area contributed by atoms with Gasteiger partial charge in [-0.1, -0.05) is 0 Å². The summed E-state index contributed by atoms with van der Waals surface area (Å²) in [6.45, 7) is 1.34. The molecule has 1 fully saturated rings. The first kappa shape index (κ1) is 13.8. The molecule has 0 aliphatic carbocycles. The molecule has 23 heavy (non-hydrogen) atoms. The van der Waals surface area contributed by atoms with Crippen LogP contribution in [0.4, 0.5) is 0 Å². The fraction of sp³-hybridized carbons (Fsp3) is 0.312. The Morgan fingerprint density at radius 3 is 2.91 bits per heavy atom. The number of aromatic amines is 1. The minimum atomic E-state index is 0.00910. The molecule has 4 rings (SSSR count). The number of nitrogens with one attached hydrogen (secondary N) is 1. The lowest BCUT2D eigenvalue weighted by Gasteiger charge is -2.15. The van der Waals surface area contributed by atoms with Crippen LogP contribution in [-0.4, -0.2) is 51.0 Å². The number of aromatic nitrogens is 4. The highest BCUT2D eigenvalue weighted by atomic mass is 16.5. The van der Waals surface area contributed by atoms with E-state index in [4.69, 9.17) is 4.74 Å². The van der Waals surface area contributed by atoms with Gasteiger partial charge < -0.3 is 14.6 Å². The number of amides is 1. The highest BCUT2D eigenvalue weighted by molar-refractivity contribution is 5.98. The largest absolute Gasteiger partial charge is 0.497 e. The number of H-pyrrole nitrogens is 1. The molecular weight excluding hydrogens is 294 g/mol. The van der Waals surface area contributed by atoms with Gasteiger partial charge in [-0.3, -0.25) is 4.79 Å². The number of nitrogens with zero attached hydrogens (tertiary/aromatic N) is 4. The second kappa shape index (κ2) is 5.42. The standard InChI is InChI=1S/C16H17N5O2/c1-23-13-3-2-11-8-15(19-14(11)9-13)16(22)20-7-4-12(10-20)21-17-5-6-18-21/h2-3,5-6,8-9,12,19H,4,7,10H2,1H3. The Bertz CT molecular complexity index is 839. The van der Waals surface area contributed by atoms with Crippen molar-refractivity contribution in [2.24, 2.45) is 0 Å². The van der Waals surface area contributed by atoms with Crippen molar-refractivity contribution >= 4 is 16.8 Å². The van der Waals surface area contributed by atoms with Gasteiger partial charge in [-0.15, -0.1) is 0 Å². The molecule has 1 atom stereocenters. The average Bonchev–Trinajstić information content (AvgIpc) is 3.31. The number of carbonyl (C=O) groups excluding carboxylic acids is 1. The van der Waals surface area contributed by atoms with E-state index in [0.717, 1.165) is 23.1 Å². The van der Waals surface area contributed by atoms with Gasteiger partial charge in [0.25, 0.3) is 5.91 Å². The van der Waals surface area contributed by atoms with Crippen LogP contribution >= 0.6 is 0 Å². The molecule has 7 nitrogen and oxygen atoms in total. The fourth-order valence-electron chi connectivity index (χ4n) is 3.05. The first-order valence-electron chi connectivity index (χ1n) is 7.56. The number of carbonyl (C=O) groups is 1. The maximum absolute atomic E-state index is 12.7. The van der Waals surface area contributed by atoms with Crippen LogP contribution in [0.5, 0.6) is 5.75 Å². The van der Waals surface area contributed by atoms with Crippen molar-refractivity contribution in [3.63, 3.8) is 0 Å². The van der Waals surface area contributed by atoms with Crippen molar-refractivity contribution in [1.29, 1.82) is 0 Å². The zero-order valence-corrected chi connectivity index (χ0v) is 12.8. The van der Waals surface area contributed by atoms with E-state index in [1.165, 1.54) is 0 Å². The lowest BCUT2D eigenvalue weighted by Crippen LogP contribution is -2.29. The second-order valence-electron chi connectivity index (χ2n) is 5.68. The molecule has 1 saturated heterocycles. The van der Waals surface area contributed by atoms with Crippen molar-refractivity contribution in [2.45, 2.75) is 12.5 Å². The smallest absolute Gasteiger partial charge is 0.270 e. The summed E-state index contributed by atoms with van der Waals surface area (Å²) in [5, 5.41) is 9.33. The molecule has 2 aromatic heterocycles. The maximum Gasteiger partial charge on any atom is 0.270 e. The predicted molar refractivity (Wildman–Crippen MR) is 84.4 cm³/mol. The van der Waals surface area contributed by atoms with Crippen LogP contribution in [0.2, 0.25) is 0 Å². The van der Waals surface area contributed by atoms with Gasteiger partial charge in [0, 0.05) is 30.1 Å². The van der Waals surface area contributed by atoms with Crippen LogP contribution in [0, 0.1) is 0 Å². The van der Waals surface area contributed by atoms with E-state index in [1.54, 1.807) is 24.3 Å². The SMILES string of the molecule is COc1ccc2cc(C(=O)N3CCC(n4nccn4)C3)[nH]c2c1. The Kier molecular flexibility index (Phi) is 3.25. The van der Waals surface area contributed by atoms with E-state index in [1.807, 2.05) is 29.2 Å². The minimum Gasteiger partial charge on any atom is -0.497 e. The van der Waals surface area contributed by atoms with Crippen LogP contribution in [0.1, 0.15) is 23.0 Å². The lowest BCUT2D eigenvalue weighted by molar-refractivity contribution is 0.0781. The van der Waals surface area contributed by atoms with Gasteiger partial charge in [-0.2, -0.15) is 15.0 Å². The third-order valence-electron chi connectivity index (χ3n) is 4.27. The monoisotopic (exact) mass is 311 g/mol. The molecule has 1 N–H and O–H groups in total. The van der Waals surface area contributed by atoms with Crippen LogP contribution in [0.15, 0.2) is 36.7 Å². The maximum atomic E-state index is 12.7. The number of rotatable bonds is 3. The molecule has 7 heteroatoms. The van der Waals surface area contributed by atoms with Crippen LogP contribution in [0.25, 0.3) is 10.9 Å². The molecule has 1 aliphatic rings. The molecule has 118 valence electrons. The highest BCUT2D eigenvalue weighted by Gasteiger charge is 2.29. The van der Waals surface area contributed by atoms with Gasteiger partial charge >= 0.3 is 0 Å². The molecule has 0 saturated carbocycles. The fourth-order valence-corrected chi connectivity index (χ4v) is 3.05. The molecule has 1 aromatic carbocycles. The first-order valence-corrected chi connectivity index (χ1v) is 7.56. The van der Waals surface area contributed by atoms with E-state index in [-0.39, 0.29) is 11.9 Å². The Morgan fingerprint density at radius 2 is 2.13 bits per heavy atom. The van der Waals surface area contributed by atoms with Crippen molar-refractivity contribution in [3.8, 4) is 5.75 Å². The lowest BCUT2D eigenvalue weighted by atomic mass is 10.2. The van der Waals surface area contributed by atoms with Crippen molar-refractivity contribution in [3.05, 3.63) is 42.4 Å². The zero-order valence-electron chi connectivity index (χ0n) is 12.8. The summed E-state index contributed by atoms with van der Waals surface area (Å²) < 4.78 is 5.22. The summed E-state index contributed by atoms with van der Waals surface area (Å²) >= 11 is 0. The molecule has 3 aromatic rings. The summed E-state index contributed by atoms with van der Waals surface area (Å²) in [7, 11) is 1.63. The average molecular weight is 311 g/mol. The highest BCUT2D eigenvalue weighted by Crippen LogP contribution is 2.25. The first-order chi connectivity index (χ1) is 11.2. The summed E-state index contributed by atoms with van der Waals surface area (Å²) in [6.07, 6.45) is 4.19. The molecule has 3 heterocycles. The van der Waals surface area contributed by atoms with Crippen LogP contribution < -0.4 is 4.74 Å². The topological polar surface area (TPSA) is 76.0 Å².